The minimum Gasteiger partial charge on any atom is -0.466 e. The van der Waals surface area contributed by atoms with Gasteiger partial charge in [-0.3, -0.25) is 9.59 Å². The van der Waals surface area contributed by atoms with Gasteiger partial charge in [0.05, 0.1) is 19.6 Å². The number of ether oxygens (including phenoxy) is 2. The Bertz CT molecular complexity index is 503. The van der Waals surface area contributed by atoms with Crippen LogP contribution in [0.5, 0.6) is 0 Å². The lowest BCUT2D eigenvalue weighted by atomic mass is 10.3. The summed E-state index contributed by atoms with van der Waals surface area (Å²) in [5, 5.41) is -0.787. The van der Waals surface area contributed by atoms with E-state index in [0.717, 1.165) is 11.4 Å². The number of carbonyl (C=O) groups excluding carboxylic acids is 2. The molecule has 0 fully saturated rings. The van der Waals surface area contributed by atoms with Crippen molar-refractivity contribution in [1.82, 2.24) is 0 Å². The third-order valence-corrected chi connectivity index (χ3v) is 11.0. The number of thiol groups is 1. The Hall–Kier alpha value is 0.780. The molecule has 0 saturated heterocycles. The second-order valence-electron chi connectivity index (χ2n) is 4.00. The van der Waals surface area contributed by atoms with Gasteiger partial charge in [-0.25, -0.2) is 0 Å². The van der Waals surface area contributed by atoms with E-state index in [9.17, 15) is 9.59 Å². The summed E-state index contributed by atoms with van der Waals surface area (Å²) in [6.07, 6.45) is -0.123. The fourth-order valence-corrected chi connectivity index (χ4v) is 5.18. The first-order valence-corrected chi connectivity index (χ1v) is 15.1. The Morgan fingerprint density at radius 2 is 1.42 bits per heavy atom. The van der Waals surface area contributed by atoms with Crippen LogP contribution in [0.15, 0.2) is 0 Å². The molecular weight excluding hydrogens is 462 g/mol. The summed E-state index contributed by atoms with van der Waals surface area (Å²) in [7, 11) is 5.78. The molecule has 156 valence electrons. The third kappa shape index (κ3) is 13.9. The van der Waals surface area contributed by atoms with Crippen molar-refractivity contribution < 1.29 is 37.2 Å². The largest absolute Gasteiger partial charge is 0.466 e. The maximum Gasteiger partial charge on any atom is 0.320 e. The van der Waals surface area contributed by atoms with Crippen molar-refractivity contribution in [1.29, 1.82) is 0 Å². The summed E-state index contributed by atoms with van der Waals surface area (Å²) in [6.45, 7) is 3.86. The van der Waals surface area contributed by atoms with E-state index in [1.54, 1.807) is 13.8 Å². The van der Waals surface area contributed by atoms with Crippen LogP contribution in [0.1, 0.15) is 20.3 Å². The second kappa shape index (κ2) is 15.7. The fraction of sp³-hybridized carbons (Fsp3) is 0.833. The highest BCUT2D eigenvalue weighted by molar-refractivity contribution is 8.68. The third-order valence-electron chi connectivity index (χ3n) is 2.37. The van der Waals surface area contributed by atoms with Crippen molar-refractivity contribution in [3.8, 4) is 0 Å². The van der Waals surface area contributed by atoms with Crippen molar-refractivity contribution in [2.24, 2.45) is 0 Å². The summed E-state index contributed by atoms with van der Waals surface area (Å²) in [5.41, 5.74) is -4.78. The Morgan fingerprint density at radius 1 is 0.962 bits per heavy atom. The molecule has 8 nitrogen and oxygen atoms in total. The van der Waals surface area contributed by atoms with Crippen molar-refractivity contribution in [3.63, 3.8) is 0 Å². The van der Waals surface area contributed by atoms with E-state index >= 15 is 0 Å². The zero-order valence-corrected chi connectivity index (χ0v) is 20.7. The average Bonchev–Trinajstić information content (AvgIpc) is 2.62. The summed E-state index contributed by atoms with van der Waals surface area (Å²) in [5.74, 6) is -1.01. The summed E-state index contributed by atoms with van der Waals surface area (Å²) in [6, 6.07) is 0. The Morgan fingerprint density at radius 3 is 1.73 bits per heavy atom. The molecule has 0 amide bonds. The van der Waals surface area contributed by atoms with Gasteiger partial charge in [0, 0.05) is 28.4 Å². The molecule has 0 rings (SSSR count). The molecule has 0 saturated carbocycles. The molecule has 0 aromatic heterocycles. The molecule has 0 aliphatic carbocycles. The normalized spacial score (nSPS) is 12.6. The Balaban J connectivity index is 0. The van der Waals surface area contributed by atoms with E-state index in [-0.39, 0.29) is 19.6 Å². The molecule has 0 aliphatic heterocycles. The highest BCUT2D eigenvalue weighted by Gasteiger charge is 2.32. The van der Waals surface area contributed by atoms with Gasteiger partial charge in [0.15, 0.2) is 0 Å². The standard InChI is InChI=1S/C10H19O6PS2.C2H7O2PS2/c1-5-15-9(11)7-8(10(12)16-6-2)19-17(18,13-3)14-4;1-3-5(6,7)4-2/h8H,5-7H2,1-4H3;1-2H3,(H,6,7). The lowest BCUT2D eigenvalue weighted by Crippen LogP contribution is -2.24. The molecule has 1 unspecified atom stereocenters. The molecular formula is C12H26O8P2S4. The minimum absolute atomic E-state index is 0.123. The number of rotatable bonds is 11. The second-order valence-corrected chi connectivity index (χ2v) is 16.1. The van der Waals surface area contributed by atoms with Crippen LogP contribution in [0, 0.1) is 0 Å². The lowest BCUT2D eigenvalue weighted by Gasteiger charge is -2.21. The van der Waals surface area contributed by atoms with Gasteiger partial charge in [-0.1, -0.05) is 23.6 Å². The average molecular weight is 489 g/mol. The molecule has 0 radical (unpaired) electrons. The van der Waals surface area contributed by atoms with Gasteiger partial charge in [-0.15, -0.1) is 0 Å². The smallest absolute Gasteiger partial charge is 0.320 e. The van der Waals surface area contributed by atoms with Gasteiger partial charge in [-0.2, -0.15) is 0 Å². The molecule has 0 aromatic rings. The van der Waals surface area contributed by atoms with Crippen LogP contribution in [0.2, 0.25) is 0 Å². The van der Waals surface area contributed by atoms with Gasteiger partial charge in [0.1, 0.15) is 5.25 Å². The maximum absolute atomic E-state index is 11.8. The van der Waals surface area contributed by atoms with Crippen molar-refractivity contribution >= 4 is 70.6 Å². The van der Waals surface area contributed by atoms with Crippen molar-refractivity contribution in [2.75, 3.05) is 41.7 Å². The first-order valence-electron chi connectivity index (χ1n) is 7.21. The highest BCUT2D eigenvalue weighted by Crippen LogP contribution is 2.62. The van der Waals surface area contributed by atoms with Gasteiger partial charge >= 0.3 is 11.9 Å². The van der Waals surface area contributed by atoms with Crippen molar-refractivity contribution in [2.45, 2.75) is 25.5 Å². The van der Waals surface area contributed by atoms with E-state index in [1.807, 2.05) is 0 Å². The van der Waals surface area contributed by atoms with Crippen LogP contribution >= 0.6 is 35.0 Å². The predicted octanol–water partition coefficient (Wildman–Crippen LogP) is 3.56. The van der Waals surface area contributed by atoms with Crippen molar-refractivity contribution in [3.05, 3.63) is 0 Å². The number of esters is 2. The zero-order valence-electron chi connectivity index (χ0n) is 15.5. The summed E-state index contributed by atoms with van der Waals surface area (Å²) >= 11 is 14.7. The zero-order chi connectivity index (χ0) is 20.8. The monoisotopic (exact) mass is 488 g/mol. The van der Waals surface area contributed by atoms with Crippen LogP contribution in [0.25, 0.3) is 0 Å². The topological polar surface area (TPSA) is 89.5 Å². The summed E-state index contributed by atoms with van der Waals surface area (Å²) < 4.78 is 29.2. The molecule has 14 heteroatoms. The van der Waals surface area contributed by atoms with E-state index in [2.05, 4.69) is 33.1 Å². The molecule has 0 heterocycles. The first kappa shape index (κ1) is 29.0. The molecule has 0 bridgehead atoms. The van der Waals surface area contributed by atoms with E-state index in [4.69, 9.17) is 30.3 Å². The summed E-state index contributed by atoms with van der Waals surface area (Å²) in [4.78, 5) is 23.3. The molecule has 0 N–H and O–H groups in total. The fourth-order valence-electron chi connectivity index (χ4n) is 1.16. The number of hydrogen-bond acceptors (Lipinski definition) is 11. The Kier molecular flexibility index (Phi) is 17.5. The van der Waals surface area contributed by atoms with Crippen LogP contribution < -0.4 is 0 Å². The predicted molar refractivity (Wildman–Crippen MR) is 115 cm³/mol. The molecule has 0 aromatic carbocycles. The lowest BCUT2D eigenvalue weighted by molar-refractivity contribution is -0.149. The molecule has 1 atom stereocenters. The van der Waals surface area contributed by atoms with Gasteiger partial charge in [-0.05, 0) is 37.5 Å². The van der Waals surface area contributed by atoms with Gasteiger partial charge in [0.25, 0.3) is 0 Å². The maximum atomic E-state index is 11.8. The van der Waals surface area contributed by atoms with Crippen LogP contribution in [-0.4, -0.2) is 58.8 Å². The van der Waals surface area contributed by atoms with Crippen LogP contribution in [0.3, 0.4) is 0 Å². The first-order chi connectivity index (χ1) is 12.0. The van der Waals surface area contributed by atoms with E-state index in [1.165, 1.54) is 28.4 Å². The highest BCUT2D eigenvalue weighted by atomic mass is 32.9. The van der Waals surface area contributed by atoms with Crippen LogP contribution in [-0.2, 0) is 60.8 Å². The molecule has 0 spiro atoms. The van der Waals surface area contributed by atoms with E-state index < -0.39 is 28.6 Å². The number of carbonyl (C=O) groups is 2. The van der Waals surface area contributed by atoms with Gasteiger partial charge in [0.2, 0.25) is 11.4 Å². The minimum atomic E-state index is -2.65. The Labute approximate surface area is 174 Å². The molecule has 0 aliphatic rings. The number of hydrogen-bond donors (Lipinski definition) is 1. The van der Waals surface area contributed by atoms with Crippen LogP contribution in [0.4, 0.5) is 0 Å². The quantitative estimate of drug-likeness (QED) is 0.263. The van der Waals surface area contributed by atoms with E-state index in [0.29, 0.717) is 0 Å². The van der Waals surface area contributed by atoms with Gasteiger partial charge < -0.3 is 27.6 Å². The molecule has 26 heavy (non-hydrogen) atoms. The SMILES string of the molecule is CCOC(=O)CC(SP(=S)(OC)OC)C(=O)OCC.COP(=S)(S)OC.